The molecule has 7 nitrogen and oxygen atoms in total. The van der Waals surface area contributed by atoms with Crippen LogP contribution in [0.3, 0.4) is 0 Å². The van der Waals surface area contributed by atoms with E-state index in [0.29, 0.717) is 0 Å². The lowest BCUT2D eigenvalue weighted by Gasteiger charge is -2.11. The highest BCUT2D eigenvalue weighted by Gasteiger charge is 2.29. The summed E-state index contributed by atoms with van der Waals surface area (Å²) in [7, 11) is 0. The Kier molecular flexibility index (Phi) is 7.08. The van der Waals surface area contributed by atoms with Crippen LogP contribution in [0.1, 0.15) is 29.8 Å². The minimum Gasteiger partial charge on any atom is -0.466 e. The van der Waals surface area contributed by atoms with Crippen LogP contribution in [0.2, 0.25) is 0 Å². The second-order valence-electron chi connectivity index (χ2n) is 6.29. The van der Waals surface area contributed by atoms with E-state index in [1.165, 1.54) is 18.3 Å². The predicted octanol–water partition coefficient (Wildman–Crippen LogP) is 3.08. The lowest BCUT2D eigenvalue weighted by atomic mass is 10.2. The van der Waals surface area contributed by atoms with Gasteiger partial charge in [0.2, 0.25) is 5.91 Å². The third-order valence-electron chi connectivity index (χ3n) is 3.49. The molecule has 2 rings (SSSR count). The zero-order valence-corrected chi connectivity index (χ0v) is 15.5. The highest BCUT2D eigenvalue weighted by Crippen LogP contribution is 2.20. The molecule has 0 saturated carbocycles. The number of amides is 2. The first kappa shape index (κ1) is 22.1. The van der Waals surface area contributed by atoms with E-state index >= 15 is 0 Å². The molecule has 2 heterocycles. The van der Waals surface area contributed by atoms with E-state index in [0.717, 1.165) is 12.3 Å². The Morgan fingerprint density at radius 2 is 1.93 bits per heavy atom. The van der Waals surface area contributed by atoms with Gasteiger partial charge < -0.3 is 15.4 Å². The Hall–Kier alpha value is -3.24. The molecule has 2 aromatic rings. The first-order chi connectivity index (χ1) is 13.5. The van der Waals surface area contributed by atoms with Crippen LogP contribution < -0.4 is 15.4 Å². The van der Waals surface area contributed by atoms with Crippen molar-refractivity contribution in [1.29, 1.82) is 0 Å². The smallest absolute Gasteiger partial charge is 0.422 e. The molecule has 29 heavy (non-hydrogen) atoms. The Labute approximate surface area is 163 Å². The summed E-state index contributed by atoms with van der Waals surface area (Å²) in [5.41, 5.74) is 0.426. The number of pyridine rings is 2. The molecule has 11 heteroatoms. The number of ether oxygens (including phenoxy) is 1. The van der Waals surface area contributed by atoms with Gasteiger partial charge in [-0.1, -0.05) is 13.8 Å². The van der Waals surface area contributed by atoms with E-state index in [4.69, 9.17) is 0 Å². The number of aromatic nitrogens is 2. The average Bonchev–Trinajstić information content (AvgIpc) is 2.64. The third kappa shape index (κ3) is 7.01. The van der Waals surface area contributed by atoms with Crippen LogP contribution in [0, 0.1) is 11.7 Å². The standard InChI is InChI=1S/C18H18F4N4O3/c1-10(2)15(27)26-14-6-12(3-4-23-14)16(28)24-7-11-5-13(19)17(25-8-11)29-9-18(20,21)22/h3-6,8,10H,7,9H2,1-2H3,(H,24,28)(H,23,26,27). The van der Waals surface area contributed by atoms with Gasteiger partial charge in [-0.3, -0.25) is 9.59 Å². The molecule has 2 aromatic heterocycles. The van der Waals surface area contributed by atoms with E-state index in [9.17, 15) is 27.2 Å². The van der Waals surface area contributed by atoms with Crippen molar-refractivity contribution in [3.63, 3.8) is 0 Å². The number of nitrogens with one attached hydrogen (secondary N) is 2. The zero-order valence-electron chi connectivity index (χ0n) is 15.5. The van der Waals surface area contributed by atoms with Gasteiger partial charge in [0.25, 0.3) is 11.8 Å². The second kappa shape index (κ2) is 9.30. The molecule has 0 atom stereocenters. The number of hydrogen-bond acceptors (Lipinski definition) is 5. The number of anilines is 1. The lowest BCUT2D eigenvalue weighted by Crippen LogP contribution is -2.24. The fourth-order valence-corrected chi connectivity index (χ4v) is 2.01. The molecule has 0 spiro atoms. The normalized spacial score (nSPS) is 11.3. The maximum Gasteiger partial charge on any atom is 0.422 e. The van der Waals surface area contributed by atoms with E-state index in [2.05, 4.69) is 25.3 Å². The van der Waals surface area contributed by atoms with Gasteiger partial charge in [-0.2, -0.15) is 13.2 Å². The van der Waals surface area contributed by atoms with Crippen molar-refractivity contribution in [2.45, 2.75) is 26.6 Å². The minimum atomic E-state index is -4.61. The highest BCUT2D eigenvalue weighted by atomic mass is 19.4. The number of halogens is 4. The van der Waals surface area contributed by atoms with Gasteiger partial charge in [-0.25, -0.2) is 14.4 Å². The largest absolute Gasteiger partial charge is 0.466 e. The van der Waals surface area contributed by atoms with E-state index < -0.39 is 30.4 Å². The first-order valence-electron chi connectivity index (χ1n) is 8.44. The van der Waals surface area contributed by atoms with Crippen molar-refractivity contribution < 1.29 is 31.9 Å². The number of carbonyl (C=O) groups is 2. The van der Waals surface area contributed by atoms with Crippen molar-refractivity contribution >= 4 is 17.6 Å². The summed E-state index contributed by atoms with van der Waals surface area (Å²) >= 11 is 0. The fraction of sp³-hybridized carbons (Fsp3) is 0.333. The Balaban J connectivity index is 1.97. The zero-order chi connectivity index (χ0) is 21.6. The van der Waals surface area contributed by atoms with Crippen LogP contribution in [0.5, 0.6) is 5.88 Å². The number of carbonyl (C=O) groups excluding carboxylic acids is 2. The van der Waals surface area contributed by atoms with Gasteiger partial charge in [0.15, 0.2) is 12.4 Å². The molecule has 0 bridgehead atoms. The van der Waals surface area contributed by atoms with Crippen LogP contribution in [-0.2, 0) is 11.3 Å². The molecule has 0 saturated heterocycles. The summed E-state index contributed by atoms with van der Waals surface area (Å²) in [4.78, 5) is 31.4. The minimum absolute atomic E-state index is 0.127. The highest BCUT2D eigenvalue weighted by molar-refractivity contribution is 5.96. The van der Waals surface area contributed by atoms with Gasteiger partial charge >= 0.3 is 6.18 Å². The van der Waals surface area contributed by atoms with Gasteiger partial charge in [-0.15, -0.1) is 0 Å². The molecule has 0 aliphatic heterocycles. The fourth-order valence-electron chi connectivity index (χ4n) is 2.01. The number of alkyl halides is 3. The monoisotopic (exact) mass is 414 g/mol. The van der Waals surface area contributed by atoms with E-state index in [-0.39, 0.29) is 35.3 Å². The van der Waals surface area contributed by atoms with Crippen LogP contribution >= 0.6 is 0 Å². The molecule has 2 N–H and O–H groups in total. The molecule has 156 valence electrons. The summed E-state index contributed by atoms with van der Waals surface area (Å²) in [5, 5.41) is 5.08. The third-order valence-corrected chi connectivity index (χ3v) is 3.49. The Morgan fingerprint density at radius 3 is 2.55 bits per heavy atom. The van der Waals surface area contributed by atoms with Gasteiger partial charge in [-0.05, 0) is 23.8 Å². The van der Waals surface area contributed by atoms with E-state index in [1.54, 1.807) is 13.8 Å². The quantitative estimate of drug-likeness (QED) is 0.680. The molecule has 0 aromatic carbocycles. The van der Waals surface area contributed by atoms with Crippen molar-refractivity contribution in [3.8, 4) is 5.88 Å². The summed E-state index contributed by atoms with van der Waals surface area (Å²) < 4.78 is 54.4. The molecule has 0 radical (unpaired) electrons. The van der Waals surface area contributed by atoms with Crippen LogP contribution in [-0.4, -0.2) is 34.6 Å². The lowest BCUT2D eigenvalue weighted by molar-refractivity contribution is -0.154. The van der Waals surface area contributed by atoms with Crippen molar-refractivity contribution in [2.75, 3.05) is 11.9 Å². The molecular formula is C18H18F4N4O3. The van der Waals surface area contributed by atoms with E-state index in [1.807, 2.05) is 0 Å². The number of nitrogens with zero attached hydrogens (tertiary/aromatic N) is 2. The van der Waals surface area contributed by atoms with Crippen molar-refractivity contribution in [1.82, 2.24) is 15.3 Å². The molecule has 0 fully saturated rings. The Bertz CT molecular complexity index is 888. The van der Waals surface area contributed by atoms with Crippen LogP contribution in [0.25, 0.3) is 0 Å². The predicted molar refractivity (Wildman–Crippen MR) is 94.6 cm³/mol. The first-order valence-corrected chi connectivity index (χ1v) is 8.44. The molecule has 0 aliphatic rings. The number of hydrogen-bond donors (Lipinski definition) is 2. The van der Waals surface area contributed by atoms with Gasteiger partial charge in [0.1, 0.15) is 5.82 Å². The Morgan fingerprint density at radius 1 is 1.21 bits per heavy atom. The van der Waals surface area contributed by atoms with Crippen LogP contribution in [0.4, 0.5) is 23.4 Å². The molecule has 2 amide bonds. The van der Waals surface area contributed by atoms with Gasteiger partial charge in [0, 0.05) is 30.4 Å². The topological polar surface area (TPSA) is 93.2 Å². The average molecular weight is 414 g/mol. The summed E-state index contributed by atoms with van der Waals surface area (Å²) in [6.45, 7) is 1.63. The maximum absolute atomic E-state index is 13.8. The number of rotatable bonds is 7. The summed E-state index contributed by atoms with van der Waals surface area (Å²) in [6.07, 6.45) is -2.17. The molecular weight excluding hydrogens is 396 g/mol. The van der Waals surface area contributed by atoms with Crippen LogP contribution in [0.15, 0.2) is 30.6 Å². The van der Waals surface area contributed by atoms with Crippen molar-refractivity contribution in [3.05, 3.63) is 47.5 Å². The SMILES string of the molecule is CC(C)C(=O)Nc1cc(C(=O)NCc2cnc(OCC(F)(F)F)c(F)c2)ccn1. The summed E-state index contributed by atoms with van der Waals surface area (Å²) in [5.74, 6) is -2.70. The second-order valence-corrected chi connectivity index (χ2v) is 6.29. The van der Waals surface area contributed by atoms with Gasteiger partial charge in [0.05, 0.1) is 0 Å². The molecule has 0 aliphatic carbocycles. The molecule has 0 unspecified atom stereocenters. The summed E-state index contributed by atoms with van der Waals surface area (Å²) in [6, 6.07) is 3.72. The maximum atomic E-state index is 13.8. The van der Waals surface area contributed by atoms with Crippen molar-refractivity contribution in [2.24, 2.45) is 5.92 Å².